The zero-order chi connectivity index (χ0) is 15.6. The molecule has 7 nitrogen and oxygen atoms in total. The van der Waals surface area contributed by atoms with Crippen molar-refractivity contribution in [1.82, 2.24) is 0 Å². The Morgan fingerprint density at radius 2 is 1.77 bits per heavy atom. The van der Waals surface area contributed by atoms with Crippen molar-refractivity contribution >= 4 is 23.2 Å². The third-order valence-corrected chi connectivity index (χ3v) is 4.93. The van der Waals surface area contributed by atoms with Crippen LogP contribution in [0, 0.1) is 28.9 Å². The molecule has 1 aromatic rings. The Kier molecular flexibility index (Phi) is 2.65. The standard InChI is InChI=1S/C15H14N2O5/c1-7-2-3-8(6-9(7)17(20)21)16-14(18)12-10-4-5-11(22-10)13(12)15(16)19/h2-3,6,10-13H,4-5H2,1H3/t10-,11+,12-,13+. The van der Waals surface area contributed by atoms with Crippen molar-refractivity contribution in [3.8, 4) is 0 Å². The lowest BCUT2D eigenvalue weighted by Gasteiger charge is -2.17. The normalized spacial score (nSPS) is 32.7. The quantitative estimate of drug-likeness (QED) is 0.470. The van der Waals surface area contributed by atoms with Crippen molar-refractivity contribution in [2.24, 2.45) is 11.8 Å². The van der Waals surface area contributed by atoms with Gasteiger partial charge in [0, 0.05) is 11.6 Å². The first-order chi connectivity index (χ1) is 10.5. The molecule has 0 saturated carbocycles. The molecule has 2 bridgehead atoms. The number of anilines is 1. The molecule has 3 aliphatic rings. The summed E-state index contributed by atoms with van der Waals surface area (Å²) in [5.41, 5.74) is 0.687. The number of hydrogen-bond donors (Lipinski definition) is 0. The van der Waals surface area contributed by atoms with E-state index < -0.39 is 16.8 Å². The minimum absolute atomic E-state index is 0.0885. The number of amides is 2. The predicted molar refractivity (Wildman–Crippen MR) is 75.2 cm³/mol. The Bertz CT molecular complexity index is 688. The number of carbonyl (C=O) groups excluding carboxylic acids is 2. The van der Waals surface area contributed by atoms with Crippen LogP contribution in [0.3, 0.4) is 0 Å². The Morgan fingerprint density at radius 1 is 1.18 bits per heavy atom. The van der Waals surface area contributed by atoms with Crippen LogP contribution in [0.25, 0.3) is 0 Å². The topological polar surface area (TPSA) is 89.8 Å². The van der Waals surface area contributed by atoms with Gasteiger partial charge in [-0.1, -0.05) is 6.07 Å². The third-order valence-electron chi connectivity index (χ3n) is 4.93. The average molecular weight is 302 g/mol. The summed E-state index contributed by atoms with van der Waals surface area (Å²) in [5.74, 6) is -1.43. The maximum absolute atomic E-state index is 12.6. The third kappa shape index (κ3) is 1.60. The fourth-order valence-corrected chi connectivity index (χ4v) is 3.90. The van der Waals surface area contributed by atoms with Gasteiger partial charge in [-0.25, -0.2) is 4.90 Å². The summed E-state index contributed by atoms with van der Waals surface area (Å²) in [4.78, 5) is 36.9. The number of nitro benzene ring substituents is 1. The molecule has 4 atom stereocenters. The molecular formula is C15H14N2O5. The van der Waals surface area contributed by atoms with Gasteiger partial charge >= 0.3 is 0 Å². The highest BCUT2D eigenvalue weighted by molar-refractivity contribution is 6.22. The summed E-state index contributed by atoms with van der Waals surface area (Å²) >= 11 is 0. The number of carbonyl (C=O) groups is 2. The van der Waals surface area contributed by atoms with Crippen molar-refractivity contribution in [2.75, 3.05) is 4.90 Å². The fraction of sp³-hybridized carbons (Fsp3) is 0.467. The number of nitrogens with zero attached hydrogens (tertiary/aromatic N) is 2. The monoisotopic (exact) mass is 302 g/mol. The molecule has 3 saturated heterocycles. The first-order valence-corrected chi connectivity index (χ1v) is 7.27. The second kappa shape index (κ2) is 4.36. The van der Waals surface area contributed by atoms with Crippen LogP contribution in [0.4, 0.5) is 11.4 Å². The van der Waals surface area contributed by atoms with Crippen LogP contribution in [0.5, 0.6) is 0 Å². The number of ether oxygens (including phenoxy) is 1. The first-order valence-electron chi connectivity index (χ1n) is 7.27. The highest BCUT2D eigenvalue weighted by Crippen LogP contribution is 2.49. The Labute approximate surface area is 126 Å². The SMILES string of the molecule is Cc1ccc(N2C(=O)[C@@H]3[C@H](C2=O)[C@H]2CC[C@@H]3O2)cc1[N+](=O)[O-]. The zero-order valence-corrected chi connectivity index (χ0v) is 11.9. The van der Waals surface area contributed by atoms with Crippen molar-refractivity contribution in [2.45, 2.75) is 32.0 Å². The number of rotatable bonds is 2. The van der Waals surface area contributed by atoms with Crippen LogP contribution in [-0.4, -0.2) is 28.9 Å². The molecule has 1 aromatic carbocycles. The molecule has 3 aliphatic heterocycles. The number of fused-ring (bicyclic) bond motifs is 5. The van der Waals surface area contributed by atoms with Crippen LogP contribution in [-0.2, 0) is 14.3 Å². The Morgan fingerprint density at radius 3 is 2.32 bits per heavy atom. The van der Waals surface area contributed by atoms with E-state index in [1.807, 2.05) is 0 Å². The summed E-state index contributed by atoms with van der Waals surface area (Å²) in [6.07, 6.45) is 1.23. The summed E-state index contributed by atoms with van der Waals surface area (Å²) in [5, 5.41) is 11.1. The maximum Gasteiger partial charge on any atom is 0.274 e. The Hall–Kier alpha value is -2.28. The molecule has 2 amide bonds. The molecule has 114 valence electrons. The van der Waals surface area contributed by atoms with Crippen molar-refractivity contribution in [3.05, 3.63) is 33.9 Å². The van der Waals surface area contributed by atoms with E-state index in [-0.39, 0.29) is 35.4 Å². The Balaban J connectivity index is 1.75. The second-order valence-electron chi connectivity index (χ2n) is 6.08. The number of nitro groups is 1. The van der Waals surface area contributed by atoms with E-state index in [9.17, 15) is 19.7 Å². The van der Waals surface area contributed by atoms with Gasteiger partial charge in [0.2, 0.25) is 11.8 Å². The summed E-state index contributed by atoms with van der Waals surface area (Å²) in [6.45, 7) is 1.62. The first kappa shape index (κ1) is 13.4. The van der Waals surface area contributed by atoms with E-state index in [1.165, 1.54) is 6.07 Å². The van der Waals surface area contributed by atoms with Gasteiger partial charge in [-0.3, -0.25) is 19.7 Å². The van der Waals surface area contributed by atoms with Gasteiger partial charge in [0.1, 0.15) is 0 Å². The lowest BCUT2D eigenvalue weighted by Crippen LogP contribution is -2.34. The molecule has 22 heavy (non-hydrogen) atoms. The highest BCUT2D eigenvalue weighted by Gasteiger charge is 2.62. The van der Waals surface area contributed by atoms with Crippen molar-refractivity contribution in [1.29, 1.82) is 0 Å². The number of benzene rings is 1. The molecule has 0 N–H and O–H groups in total. The molecule has 4 rings (SSSR count). The van der Waals surface area contributed by atoms with Gasteiger partial charge < -0.3 is 4.74 Å². The van der Waals surface area contributed by atoms with E-state index in [2.05, 4.69) is 0 Å². The second-order valence-corrected chi connectivity index (χ2v) is 6.08. The lowest BCUT2D eigenvalue weighted by atomic mass is 9.81. The van der Waals surface area contributed by atoms with Crippen LogP contribution >= 0.6 is 0 Å². The van der Waals surface area contributed by atoms with Crippen molar-refractivity contribution < 1.29 is 19.2 Å². The van der Waals surface area contributed by atoms with Crippen LogP contribution in [0.1, 0.15) is 18.4 Å². The van der Waals surface area contributed by atoms with Crippen LogP contribution in [0.15, 0.2) is 18.2 Å². The van der Waals surface area contributed by atoms with E-state index >= 15 is 0 Å². The van der Waals surface area contributed by atoms with Gasteiger partial charge in [0.25, 0.3) is 5.69 Å². The molecule has 3 heterocycles. The number of imide groups is 1. The minimum Gasteiger partial charge on any atom is -0.373 e. The number of hydrogen-bond acceptors (Lipinski definition) is 5. The van der Waals surface area contributed by atoms with Gasteiger partial charge in [-0.2, -0.15) is 0 Å². The molecule has 0 aromatic heterocycles. The van der Waals surface area contributed by atoms with E-state index in [0.717, 1.165) is 17.7 Å². The highest BCUT2D eigenvalue weighted by atomic mass is 16.6. The molecule has 0 aliphatic carbocycles. The van der Waals surface area contributed by atoms with Crippen LogP contribution in [0.2, 0.25) is 0 Å². The van der Waals surface area contributed by atoms with Gasteiger partial charge in [-0.05, 0) is 25.8 Å². The number of aryl methyl sites for hydroxylation is 1. The summed E-state index contributed by atoms with van der Waals surface area (Å²) < 4.78 is 5.67. The fourth-order valence-electron chi connectivity index (χ4n) is 3.90. The smallest absolute Gasteiger partial charge is 0.274 e. The molecule has 3 fully saturated rings. The van der Waals surface area contributed by atoms with E-state index in [0.29, 0.717) is 5.56 Å². The molecule has 0 unspecified atom stereocenters. The molecule has 7 heteroatoms. The maximum atomic E-state index is 12.6. The van der Waals surface area contributed by atoms with Gasteiger partial charge in [0.15, 0.2) is 0 Å². The largest absolute Gasteiger partial charge is 0.373 e. The summed E-state index contributed by atoms with van der Waals surface area (Å²) in [6, 6.07) is 4.45. The lowest BCUT2D eigenvalue weighted by molar-refractivity contribution is -0.385. The predicted octanol–water partition coefficient (Wildman–Crippen LogP) is 1.57. The van der Waals surface area contributed by atoms with Gasteiger partial charge in [0.05, 0.1) is 34.7 Å². The summed E-state index contributed by atoms with van der Waals surface area (Å²) in [7, 11) is 0. The van der Waals surface area contributed by atoms with E-state index in [4.69, 9.17) is 4.74 Å². The molecular weight excluding hydrogens is 288 g/mol. The van der Waals surface area contributed by atoms with Crippen molar-refractivity contribution in [3.63, 3.8) is 0 Å². The van der Waals surface area contributed by atoms with Crippen LogP contribution < -0.4 is 4.90 Å². The zero-order valence-electron chi connectivity index (χ0n) is 11.9. The van der Waals surface area contributed by atoms with E-state index in [1.54, 1.807) is 19.1 Å². The molecule has 0 radical (unpaired) electrons. The average Bonchev–Trinajstić information content (AvgIpc) is 3.14. The van der Waals surface area contributed by atoms with Gasteiger partial charge in [-0.15, -0.1) is 0 Å². The minimum atomic E-state index is -0.502. The molecule has 0 spiro atoms.